The number of ketones is 1. The molecule has 0 aliphatic carbocycles. The first kappa shape index (κ1) is 21.5. The van der Waals surface area contributed by atoms with Crippen molar-refractivity contribution in [3.05, 3.63) is 70.2 Å². The van der Waals surface area contributed by atoms with Crippen LogP contribution in [0.25, 0.3) is 0 Å². The standard InChI is InChI=1S/C24H29ClN2O2/c1-18(28)21-9-4-6-20(14-21)17-27-13-5-7-19(16-27)11-12-24(29)26-15-22-8-2-3-10-23(22)25/h2-4,6,8-10,14,19H,5,7,11-13,15-17H2,1H3,(H,26,29)/t19-/m1/s1. The summed E-state index contributed by atoms with van der Waals surface area (Å²) in [6.45, 7) is 5.01. The minimum absolute atomic E-state index is 0.0798. The second-order valence-corrected chi connectivity index (χ2v) is 8.31. The molecule has 5 heteroatoms. The minimum Gasteiger partial charge on any atom is -0.352 e. The van der Waals surface area contributed by atoms with Gasteiger partial charge in [-0.05, 0) is 61.9 Å². The van der Waals surface area contributed by atoms with E-state index in [-0.39, 0.29) is 11.7 Å². The van der Waals surface area contributed by atoms with Gasteiger partial charge >= 0.3 is 0 Å². The highest BCUT2D eigenvalue weighted by Crippen LogP contribution is 2.23. The average Bonchev–Trinajstić information content (AvgIpc) is 2.72. The van der Waals surface area contributed by atoms with Crippen LogP contribution in [-0.4, -0.2) is 29.7 Å². The Hall–Kier alpha value is -2.17. The van der Waals surface area contributed by atoms with Gasteiger partial charge in [-0.2, -0.15) is 0 Å². The van der Waals surface area contributed by atoms with Crippen molar-refractivity contribution in [2.24, 2.45) is 5.92 Å². The van der Waals surface area contributed by atoms with Gasteiger partial charge in [0, 0.05) is 36.6 Å². The molecule has 1 N–H and O–H groups in total. The number of carbonyl (C=O) groups excluding carboxylic acids is 2. The van der Waals surface area contributed by atoms with Gasteiger partial charge in [0.05, 0.1) is 0 Å². The zero-order chi connectivity index (χ0) is 20.6. The Morgan fingerprint density at radius 2 is 2.00 bits per heavy atom. The summed E-state index contributed by atoms with van der Waals surface area (Å²) in [5.41, 5.74) is 2.89. The maximum Gasteiger partial charge on any atom is 0.220 e. The lowest BCUT2D eigenvalue weighted by Crippen LogP contribution is -2.35. The lowest BCUT2D eigenvalue weighted by atomic mass is 9.93. The monoisotopic (exact) mass is 412 g/mol. The van der Waals surface area contributed by atoms with Crippen LogP contribution >= 0.6 is 11.6 Å². The molecule has 0 unspecified atom stereocenters. The number of likely N-dealkylation sites (tertiary alicyclic amines) is 1. The zero-order valence-corrected chi connectivity index (χ0v) is 17.8. The molecule has 1 heterocycles. The third-order valence-corrected chi connectivity index (χ3v) is 5.93. The number of nitrogens with one attached hydrogen (secondary N) is 1. The lowest BCUT2D eigenvalue weighted by Gasteiger charge is -2.32. The van der Waals surface area contributed by atoms with Gasteiger partial charge in [-0.1, -0.05) is 48.0 Å². The Morgan fingerprint density at radius 1 is 1.17 bits per heavy atom. The van der Waals surface area contributed by atoms with E-state index >= 15 is 0 Å². The number of nitrogens with zero attached hydrogens (tertiary/aromatic N) is 1. The first-order valence-electron chi connectivity index (χ1n) is 10.3. The second-order valence-electron chi connectivity index (χ2n) is 7.91. The number of amides is 1. The maximum absolute atomic E-state index is 12.2. The first-order valence-corrected chi connectivity index (χ1v) is 10.7. The van der Waals surface area contributed by atoms with Crippen molar-refractivity contribution in [2.45, 2.75) is 45.7 Å². The summed E-state index contributed by atoms with van der Waals surface area (Å²) in [6.07, 6.45) is 3.77. The number of benzene rings is 2. The molecule has 1 amide bonds. The van der Waals surface area contributed by atoms with Gasteiger partial charge in [-0.25, -0.2) is 0 Å². The number of hydrogen-bond acceptors (Lipinski definition) is 3. The van der Waals surface area contributed by atoms with Crippen LogP contribution in [0.5, 0.6) is 0 Å². The molecule has 0 bridgehead atoms. The molecule has 29 heavy (non-hydrogen) atoms. The van der Waals surface area contributed by atoms with Crippen LogP contribution in [0.4, 0.5) is 0 Å². The second kappa shape index (κ2) is 10.6. The van der Waals surface area contributed by atoms with Gasteiger partial charge in [-0.15, -0.1) is 0 Å². The van der Waals surface area contributed by atoms with Gasteiger partial charge in [-0.3, -0.25) is 14.5 Å². The quantitative estimate of drug-likeness (QED) is 0.630. The van der Waals surface area contributed by atoms with Crippen LogP contribution in [0.2, 0.25) is 5.02 Å². The molecule has 0 spiro atoms. The SMILES string of the molecule is CC(=O)c1cccc(CN2CCC[C@H](CCC(=O)NCc3ccccc3Cl)C2)c1. The van der Waals surface area contributed by atoms with Gasteiger partial charge < -0.3 is 5.32 Å². The van der Waals surface area contributed by atoms with Crippen LogP contribution in [0, 0.1) is 5.92 Å². The third-order valence-electron chi connectivity index (χ3n) is 5.56. The molecule has 1 fully saturated rings. The van der Waals surface area contributed by atoms with Crippen LogP contribution in [0.1, 0.15) is 54.1 Å². The molecule has 1 atom stereocenters. The summed E-state index contributed by atoms with van der Waals surface area (Å²) < 4.78 is 0. The van der Waals surface area contributed by atoms with E-state index in [1.165, 1.54) is 12.0 Å². The Bertz CT molecular complexity index is 852. The van der Waals surface area contributed by atoms with Crippen LogP contribution in [0.15, 0.2) is 48.5 Å². The summed E-state index contributed by atoms with van der Waals surface area (Å²) in [5, 5.41) is 3.66. The minimum atomic E-state index is 0.0798. The predicted molar refractivity (Wildman–Crippen MR) is 117 cm³/mol. The summed E-state index contributed by atoms with van der Waals surface area (Å²) >= 11 is 6.14. The van der Waals surface area contributed by atoms with E-state index in [4.69, 9.17) is 11.6 Å². The number of piperidine rings is 1. The lowest BCUT2D eigenvalue weighted by molar-refractivity contribution is -0.121. The highest BCUT2D eigenvalue weighted by molar-refractivity contribution is 6.31. The number of carbonyl (C=O) groups is 2. The molecule has 2 aromatic rings. The van der Waals surface area contributed by atoms with Crippen LogP contribution in [-0.2, 0) is 17.9 Å². The zero-order valence-electron chi connectivity index (χ0n) is 17.0. The molecule has 0 aromatic heterocycles. The summed E-state index contributed by atoms with van der Waals surface area (Å²) in [5.74, 6) is 0.716. The molecule has 1 aliphatic rings. The molecule has 4 nitrogen and oxygen atoms in total. The number of rotatable bonds is 8. The van der Waals surface area contributed by atoms with E-state index in [1.54, 1.807) is 6.92 Å². The highest BCUT2D eigenvalue weighted by atomic mass is 35.5. The molecule has 2 aromatic carbocycles. The maximum atomic E-state index is 12.2. The fourth-order valence-corrected chi connectivity index (χ4v) is 4.14. The number of Topliss-reactive ketones (excluding diaryl/α,β-unsaturated/α-hetero) is 1. The fraction of sp³-hybridized carbons (Fsp3) is 0.417. The highest BCUT2D eigenvalue weighted by Gasteiger charge is 2.21. The summed E-state index contributed by atoms with van der Waals surface area (Å²) in [4.78, 5) is 26.3. The molecular weight excluding hydrogens is 384 g/mol. The van der Waals surface area contributed by atoms with Gasteiger partial charge in [0.15, 0.2) is 5.78 Å². The molecule has 0 radical (unpaired) electrons. The van der Waals surface area contributed by atoms with E-state index in [9.17, 15) is 9.59 Å². The first-order chi connectivity index (χ1) is 14.0. The smallest absolute Gasteiger partial charge is 0.220 e. The van der Waals surface area contributed by atoms with Crippen molar-refractivity contribution in [1.82, 2.24) is 10.2 Å². The Labute approximate surface area is 178 Å². The van der Waals surface area contributed by atoms with E-state index in [2.05, 4.69) is 16.3 Å². The van der Waals surface area contributed by atoms with Crippen molar-refractivity contribution < 1.29 is 9.59 Å². The van der Waals surface area contributed by atoms with E-state index in [0.29, 0.717) is 23.9 Å². The molecule has 1 aliphatic heterocycles. The van der Waals surface area contributed by atoms with Gasteiger partial charge in [0.25, 0.3) is 0 Å². The normalized spacial score (nSPS) is 17.1. The molecule has 0 saturated carbocycles. The Morgan fingerprint density at radius 3 is 2.79 bits per heavy atom. The van der Waals surface area contributed by atoms with Crippen molar-refractivity contribution >= 4 is 23.3 Å². The summed E-state index contributed by atoms with van der Waals surface area (Å²) in [7, 11) is 0. The molecule has 154 valence electrons. The summed E-state index contributed by atoms with van der Waals surface area (Å²) in [6, 6.07) is 15.5. The topological polar surface area (TPSA) is 49.4 Å². The van der Waals surface area contributed by atoms with Crippen molar-refractivity contribution in [2.75, 3.05) is 13.1 Å². The molecule has 3 rings (SSSR count). The van der Waals surface area contributed by atoms with E-state index in [0.717, 1.165) is 43.6 Å². The van der Waals surface area contributed by atoms with E-state index < -0.39 is 0 Å². The van der Waals surface area contributed by atoms with E-state index in [1.807, 2.05) is 42.5 Å². The largest absolute Gasteiger partial charge is 0.352 e. The molecular formula is C24H29ClN2O2. The van der Waals surface area contributed by atoms with Crippen LogP contribution in [0.3, 0.4) is 0 Å². The van der Waals surface area contributed by atoms with Crippen molar-refractivity contribution in [3.8, 4) is 0 Å². The Kier molecular flexibility index (Phi) is 7.84. The van der Waals surface area contributed by atoms with Crippen molar-refractivity contribution in [3.63, 3.8) is 0 Å². The van der Waals surface area contributed by atoms with Gasteiger partial charge in [0.1, 0.15) is 0 Å². The number of hydrogen-bond donors (Lipinski definition) is 1. The fourth-order valence-electron chi connectivity index (χ4n) is 3.94. The predicted octanol–water partition coefficient (Wildman–Crippen LogP) is 4.85. The molecule has 1 saturated heterocycles. The van der Waals surface area contributed by atoms with Crippen LogP contribution < -0.4 is 5.32 Å². The Balaban J connectivity index is 1.43. The average molecular weight is 413 g/mol. The number of halogens is 1. The third kappa shape index (κ3) is 6.69. The van der Waals surface area contributed by atoms with Crippen molar-refractivity contribution in [1.29, 1.82) is 0 Å². The van der Waals surface area contributed by atoms with Gasteiger partial charge in [0.2, 0.25) is 5.91 Å².